The van der Waals surface area contributed by atoms with E-state index in [1.54, 1.807) is 24.8 Å². The SMILES string of the molecule is c1cnc([C@H]2CN(Cc3ncc[nH]3)CCO2)cn1. The van der Waals surface area contributed by atoms with Gasteiger partial charge in [0.05, 0.1) is 25.0 Å². The Morgan fingerprint density at radius 2 is 2.33 bits per heavy atom. The van der Waals surface area contributed by atoms with Crippen LogP contribution in [0.4, 0.5) is 0 Å². The normalized spacial score (nSPS) is 21.0. The fourth-order valence-corrected chi connectivity index (χ4v) is 2.10. The Hall–Kier alpha value is -1.79. The van der Waals surface area contributed by atoms with E-state index in [0.717, 1.165) is 31.2 Å². The molecule has 6 nitrogen and oxygen atoms in total. The fraction of sp³-hybridized carbons (Fsp3) is 0.417. The van der Waals surface area contributed by atoms with Gasteiger partial charge in [-0.25, -0.2) is 4.98 Å². The van der Waals surface area contributed by atoms with Crippen LogP contribution in [0.25, 0.3) is 0 Å². The van der Waals surface area contributed by atoms with Crippen molar-refractivity contribution in [2.45, 2.75) is 12.6 Å². The van der Waals surface area contributed by atoms with Crippen molar-refractivity contribution in [3.05, 3.63) is 42.5 Å². The minimum atomic E-state index is 0.00223. The van der Waals surface area contributed by atoms with Gasteiger partial charge in [-0.15, -0.1) is 0 Å². The molecule has 18 heavy (non-hydrogen) atoms. The number of aromatic amines is 1. The molecule has 1 fully saturated rings. The first-order chi connectivity index (χ1) is 8.92. The lowest BCUT2D eigenvalue weighted by Gasteiger charge is -2.31. The van der Waals surface area contributed by atoms with Gasteiger partial charge in [-0.1, -0.05) is 0 Å². The summed E-state index contributed by atoms with van der Waals surface area (Å²) in [5, 5.41) is 0. The van der Waals surface area contributed by atoms with Gasteiger partial charge in [0, 0.05) is 37.9 Å². The molecular formula is C12H15N5O. The molecule has 0 aromatic carbocycles. The lowest BCUT2D eigenvalue weighted by atomic mass is 10.2. The third kappa shape index (κ3) is 2.55. The second-order valence-corrected chi connectivity index (χ2v) is 4.26. The minimum Gasteiger partial charge on any atom is -0.369 e. The lowest BCUT2D eigenvalue weighted by molar-refractivity contribution is -0.0358. The van der Waals surface area contributed by atoms with Gasteiger partial charge in [-0.2, -0.15) is 0 Å². The van der Waals surface area contributed by atoms with Crippen LogP contribution in [0.2, 0.25) is 0 Å². The molecule has 0 saturated carbocycles. The van der Waals surface area contributed by atoms with Gasteiger partial charge in [0.2, 0.25) is 0 Å². The highest BCUT2D eigenvalue weighted by molar-refractivity contribution is 5.02. The summed E-state index contributed by atoms with van der Waals surface area (Å²) in [7, 11) is 0. The Balaban J connectivity index is 1.65. The molecule has 0 amide bonds. The molecular weight excluding hydrogens is 230 g/mol. The van der Waals surface area contributed by atoms with E-state index in [0.29, 0.717) is 6.61 Å². The molecule has 1 saturated heterocycles. The molecule has 1 aliphatic heterocycles. The predicted octanol–water partition coefficient (Wildman–Crippen LogP) is 0.773. The maximum Gasteiger partial charge on any atom is 0.120 e. The first-order valence-electron chi connectivity index (χ1n) is 6.00. The number of hydrogen-bond donors (Lipinski definition) is 1. The van der Waals surface area contributed by atoms with Crippen LogP contribution in [0.5, 0.6) is 0 Å². The second kappa shape index (κ2) is 5.24. The quantitative estimate of drug-likeness (QED) is 0.865. The summed E-state index contributed by atoms with van der Waals surface area (Å²) < 4.78 is 5.74. The molecule has 6 heteroatoms. The number of nitrogens with zero attached hydrogens (tertiary/aromatic N) is 4. The molecule has 1 atom stereocenters. The van der Waals surface area contributed by atoms with E-state index in [-0.39, 0.29) is 6.10 Å². The Morgan fingerprint density at radius 1 is 1.33 bits per heavy atom. The molecule has 0 aliphatic carbocycles. The molecule has 0 spiro atoms. The van der Waals surface area contributed by atoms with Crippen LogP contribution < -0.4 is 0 Å². The number of H-pyrrole nitrogens is 1. The van der Waals surface area contributed by atoms with E-state index in [2.05, 4.69) is 24.8 Å². The van der Waals surface area contributed by atoms with Gasteiger partial charge < -0.3 is 9.72 Å². The number of rotatable bonds is 3. The highest BCUT2D eigenvalue weighted by Gasteiger charge is 2.23. The summed E-state index contributed by atoms with van der Waals surface area (Å²) in [6.07, 6.45) is 8.76. The Kier molecular flexibility index (Phi) is 3.29. The summed E-state index contributed by atoms with van der Waals surface area (Å²) in [5.41, 5.74) is 0.890. The standard InChI is InChI=1S/C12H15N5O/c1-2-14-10(7-13-1)11-8-17(5-6-18-11)9-12-15-3-4-16-12/h1-4,7,11H,5-6,8-9H2,(H,15,16)/t11-/m1/s1. The highest BCUT2D eigenvalue weighted by Crippen LogP contribution is 2.20. The summed E-state index contributed by atoms with van der Waals surface area (Å²) in [5.74, 6) is 0.981. The van der Waals surface area contributed by atoms with Gasteiger partial charge in [-0.05, 0) is 0 Å². The highest BCUT2D eigenvalue weighted by atomic mass is 16.5. The van der Waals surface area contributed by atoms with Gasteiger partial charge in [0.15, 0.2) is 0 Å². The van der Waals surface area contributed by atoms with Crippen LogP contribution in [0.3, 0.4) is 0 Å². The summed E-state index contributed by atoms with van der Waals surface area (Å²) >= 11 is 0. The van der Waals surface area contributed by atoms with Gasteiger partial charge in [-0.3, -0.25) is 14.9 Å². The number of aromatic nitrogens is 4. The average molecular weight is 245 g/mol. The minimum absolute atomic E-state index is 0.00223. The topological polar surface area (TPSA) is 66.9 Å². The zero-order chi connectivity index (χ0) is 12.2. The molecule has 94 valence electrons. The number of imidazole rings is 1. The van der Waals surface area contributed by atoms with Crippen LogP contribution in [0, 0.1) is 0 Å². The predicted molar refractivity (Wildman–Crippen MR) is 64.6 cm³/mol. The lowest BCUT2D eigenvalue weighted by Crippen LogP contribution is -2.38. The van der Waals surface area contributed by atoms with E-state index < -0.39 is 0 Å². The molecule has 0 bridgehead atoms. The smallest absolute Gasteiger partial charge is 0.120 e. The van der Waals surface area contributed by atoms with Gasteiger partial charge >= 0.3 is 0 Å². The van der Waals surface area contributed by atoms with Crippen molar-refractivity contribution in [3.8, 4) is 0 Å². The molecule has 1 aliphatic rings. The van der Waals surface area contributed by atoms with Crippen molar-refractivity contribution in [1.82, 2.24) is 24.8 Å². The van der Waals surface area contributed by atoms with Crippen molar-refractivity contribution >= 4 is 0 Å². The van der Waals surface area contributed by atoms with E-state index >= 15 is 0 Å². The first kappa shape index (κ1) is 11.3. The average Bonchev–Trinajstić information content (AvgIpc) is 2.93. The summed E-state index contributed by atoms with van der Waals surface area (Å²) in [4.78, 5) is 18.0. The Bertz CT molecular complexity index is 472. The monoisotopic (exact) mass is 245 g/mol. The van der Waals surface area contributed by atoms with Crippen LogP contribution in [-0.2, 0) is 11.3 Å². The van der Waals surface area contributed by atoms with Gasteiger partial charge in [0.25, 0.3) is 0 Å². The summed E-state index contributed by atoms with van der Waals surface area (Å²) in [6, 6.07) is 0. The molecule has 2 aromatic heterocycles. The molecule has 0 radical (unpaired) electrons. The van der Waals surface area contributed by atoms with Crippen molar-refractivity contribution in [1.29, 1.82) is 0 Å². The van der Waals surface area contributed by atoms with E-state index in [1.807, 2.05) is 6.20 Å². The van der Waals surface area contributed by atoms with Gasteiger partial charge in [0.1, 0.15) is 11.9 Å². The number of morpholine rings is 1. The van der Waals surface area contributed by atoms with Crippen LogP contribution in [0.1, 0.15) is 17.6 Å². The zero-order valence-corrected chi connectivity index (χ0v) is 9.99. The number of ether oxygens (including phenoxy) is 1. The third-order valence-corrected chi connectivity index (χ3v) is 2.99. The summed E-state index contributed by atoms with van der Waals surface area (Å²) in [6.45, 7) is 3.26. The second-order valence-electron chi connectivity index (χ2n) is 4.26. The van der Waals surface area contributed by atoms with E-state index in [1.165, 1.54) is 0 Å². The fourth-order valence-electron chi connectivity index (χ4n) is 2.10. The van der Waals surface area contributed by atoms with Crippen LogP contribution in [0.15, 0.2) is 31.0 Å². The largest absolute Gasteiger partial charge is 0.369 e. The molecule has 0 unspecified atom stereocenters. The van der Waals surface area contributed by atoms with Crippen LogP contribution >= 0.6 is 0 Å². The third-order valence-electron chi connectivity index (χ3n) is 2.99. The molecule has 3 heterocycles. The Labute approximate surface area is 105 Å². The number of nitrogens with one attached hydrogen (secondary N) is 1. The molecule has 2 aromatic rings. The van der Waals surface area contributed by atoms with Crippen molar-refractivity contribution < 1.29 is 4.74 Å². The zero-order valence-electron chi connectivity index (χ0n) is 9.99. The van der Waals surface area contributed by atoms with E-state index in [9.17, 15) is 0 Å². The maximum absolute atomic E-state index is 5.74. The molecule has 3 rings (SSSR count). The number of hydrogen-bond acceptors (Lipinski definition) is 5. The van der Waals surface area contributed by atoms with Crippen LogP contribution in [-0.4, -0.2) is 44.5 Å². The molecule has 1 N–H and O–H groups in total. The van der Waals surface area contributed by atoms with E-state index in [4.69, 9.17) is 4.74 Å². The maximum atomic E-state index is 5.74. The van der Waals surface area contributed by atoms with Crippen molar-refractivity contribution in [2.24, 2.45) is 0 Å². The Morgan fingerprint density at radius 3 is 3.11 bits per heavy atom. The van der Waals surface area contributed by atoms with Crippen molar-refractivity contribution in [3.63, 3.8) is 0 Å². The first-order valence-corrected chi connectivity index (χ1v) is 6.00. The van der Waals surface area contributed by atoms with Crippen molar-refractivity contribution in [2.75, 3.05) is 19.7 Å².